The zero-order valence-electron chi connectivity index (χ0n) is 34.9. The summed E-state index contributed by atoms with van der Waals surface area (Å²) in [5, 5.41) is 5.93. The fourth-order valence-corrected chi connectivity index (χ4v) is 9.25. The van der Waals surface area contributed by atoms with E-state index in [1.54, 1.807) is 19.2 Å². The van der Waals surface area contributed by atoms with Crippen molar-refractivity contribution >= 4 is 67.4 Å². The molecule has 3 aromatic carbocycles. The largest absolute Gasteiger partial charge is 0.374 e. The summed E-state index contributed by atoms with van der Waals surface area (Å²) in [6, 6.07) is 18.9. The lowest BCUT2D eigenvalue weighted by Crippen LogP contribution is -2.47. The molecule has 2 fully saturated rings. The predicted molar refractivity (Wildman–Crippen MR) is 237 cm³/mol. The van der Waals surface area contributed by atoms with Crippen LogP contribution in [-0.4, -0.2) is 96.9 Å². The van der Waals surface area contributed by atoms with Crippen molar-refractivity contribution in [3.05, 3.63) is 114 Å². The van der Waals surface area contributed by atoms with Crippen LogP contribution in [0.25, 0.3) is 27.7 Å². The summed E-state index contributed by atoms with van der Waals surface area (Å²) in [7, 11) is -2.84. The first kappa shape index (κ1) is 43.2. The number of carbonyl (C=O) groups is 4. The molecular formula is C46H48F2N8O6S. The highest BCUT2D eigenvalue weighted by atomic mass is 32.2. The van der Waals surface area contributed by atoms with Gasteiger partial charge in [-0.05, 0) is 90.8 Å². The zero-order chi connectivity index (χ0) is 44.4. The minimum Gasteiger partial charge on any atom is -0.374 e. The molecule has 0 spiro atoms. The molecule has 4 N–H and O–H groups in total. The van der Waals surface area contributed by atoms with E-state index < -0.39 is 44.9 Å². The number of pyridine rings is 1. The average Bonchev–Trinajstić information content (AvgIpc) is 3.72. The van der Waals surface area contributed by atoms with Crippen molar-refractivity contribution in [3.8, 4) is 11.1 Å². The first-order valence-electron chi connectivity index (χ1n) is 21.0. The molecule has 63 heavy (non-hydrogen) atoms. The molecule has 5 heterocycles. The van der Waals surface area contributed by atoms with E-state index in [4.69, 9.17) is 0 Å². The molecule has 1 atom stereocenters. The van der Waals surface area contributed by atoms with E-state index >= 15 is 8.78 Å². The number of carbonyl (C=O) groups excluding carboxylic acids is 4. The summed E-state index contributed by atoms with van der Waals surface area (Å²) in [6.07, 6.45) is 8.92. The number of amides is 3. The van der Waals surface area contributed by atoms with Crippen LogP contribution in [0.5, 0.6) is 0 Å². The number of rotatable bonds is 13. The van der Waals surface area contributed by atoms with Crippen LogP contribution >= 0.6 is 0 Å². The first-order valence-corrected chi connectivity index (χ1v) is 22.5. The Labute approximate surface area is 363 Å². The highest BCUT2D eigenvalue weighted by molar-refractivity contribution is 7.90. The molecule has 0 saturated carbocycles. The van der Waals surface area contributed by atoms with Crippen molar-refractivity contribution in [2.24, 2.45) is 5.92 Å². The van der Waals surface area contributed by atoms with Crippen molar-refractivity contribution in [3.63, 3.8) is 0 Å². The Morgan fingerprint density at radius 1 is 0.921 bits per heavy atom. The molecule has 8 rings (SSSR count). The van der Waals surface area contributed by atoms with Crippen molar-refractivity contribution in [1.82, 2.24) is 24.5 Å². The second-order valence-corrected chi connectivity index (χ2v) is 18.0. The van der Waals surface area contributed by atoms with Gasteiger partial charge in [-0.25, -0.2) is 13.8 Å². The number of benzene rings is 3. The molecule has 2 aromatic heterocycles. The maximum Gasteiger partial charge on any atom is 0.301 e. The standard InChI is InChI=1S/C46H48F2N8O6S/c1-3-54(2)63(61,62)53-38-13-12-37(47)42(43(38)48)44(59)36-27-50-45-35(36)25-32(26-49-45)30-6-4-29(5-7-30)31-18-22-56(23-19-31)41(58)24-28-16-20-55(21-17-28)34-10-8-33(9-11-34)51-39-14-15-40(57)52-46(39)60/h4-13,18,25-28,39,51,53H,3,14-17,19-24H2,1-2H3,(H,49,50)(H,52,57,60). The second-order valence-electron chi connectivity index (χ2n) is 16.2. The molecule has 5 aromatic rings. The smallest absolute Gasteiger partial charge is 0.301 e. The van der Waals surface area contributed by atoms with E-state index in [0.29, 0.717) is 61.3 Å². The van der Waals surface area contributed by atoms with Crippen LogP contribution in [0, 0.1) is 17.6 Å². The van der Waals surface area contributed by atoms with Crippen LogP contribution in [0.2, 0.25) is 0 Å². The number of ketones is 1. The average molecular weight is 879 g/mol. The summed E-state index contributed by atoms with van der Waals surface area (Å²) >= 11 is 0. The Morgan fingerprint density at radius 2 is 1.65 bits per heavy atom. The number of halogens is 2. The van der Waals surface area contributed by atoms with E-state index in [2.05, 4.69) is 36.3 Å². The summed E-state index contributed by atoms with van der Waals surface area (Å²) in [6.45, 7) is 4.57. The van der Waals surface area contributed by atoms with Crippen molar-refractivity contribution in [2.45, 2.75) is 51.5 Å². The number of hydrogen-bond acceptors (Lipinski definition) is 9. The fourth-order valence-electron chi connectivity index (χ4n) is 8.32. The highest BCUT2D eigenvalue weighted by Crippen LogP contribution is 2.32. The molecule has 3 aliphatic heterocycles. The molecular weight excluding hydrogens is 831 g/mol. The Bertz CT molecular complexity index is 2720. The molecule has 328 valence electrons. The number of nitrogens with zero attached hydrogens (tertiary/aromatic N) is 4. The molecule has 3 aliphatic rings. The van der Waals surface area contributed by atoms with Gasteiger partial charge >= 0.3 is 10.2 Å². The number of aromatic nitrogens is 2. The molecule has 17 heteroatoms. The Balaban J connectivity index is 0.854. The van der Waals surface area contributed by atoms with Gasteiger partial charge in [-0.3, -0.25) is 29.2 Å². The summed E-state index contributed by atoms with van der Waals surface area (Å²) < 4.78 is 58.8. The molecule has 2 saturated heterocycles. The maximum atomic E-state index is 15.6. The Morgan fingerprint density at radius 3 is 2.33 bits per heavy atom. The number of H-pyrrole nitrogens is 1. The van der Waals surface area contributed by atoms with Crippen molar-refractivity contribution < 1.29 is 36.4 Å². The monoisotopic (exact) mass is 878 g/mol. The van der Waals surface area contributed by atoms with Crippen LogP contribution in [0.3, 0.4) is 0 Å². The summed E-state index contributed by atoms with van der Waals surface area (Å²) in [5.41, 5.74) is 4.42. The van der Waals surface area contributed by atoms with Crippen molar-refractivity contribution in [2.75, 3.05) is 54.7 Å². The highest BCUT2D eigenvalue weighted by Gasteiger charge is 2.29. The minimum absolute atomic E-state index is 0.0263. The van der Waals surface area contributed by atoms with E-state index in [-0.39, 0.29) is 29.8 Å². The quantitative estimate of drug-likeness (QED) is 0.0761. The number of nitrogens with one attached hydrogen (secondary N) is 4. The van der Waals surface area contributed by atoms with E-state index in [1.807, 2.05) is 53.4 Å². The van der Waals surface area contributed by atoms with Gasteiger partial charge in [0.05, 0.1) is 11.3 Å². The van der Waals surface area contributed by atoms with Gasteiger partial charge in [0, 0.05) is 92.9 Å². The van der Waals surface area contributed by atoms with E-state index in [1.165, 1.54) is 13.2 Å². The third-order valence-electron chi connectivity index (χ3n) is 12.2. The van der Waals surface area contributed by atoms with E-state index in [0.717, 1.165) is 70.4 Å². The number of imide groups is 1. The molecule has 1 unspecified atom stereocenters. The number of fused-ring (bicyclic) bond motifs is 1. The van der Waals surface area contributed by atoms with Gasteiger partial charge in [-0.15, -0.1) is 0 Å². The predicted octanol–water partition coefficient (Wildman–Crippen LogP) is 6.49. The van der Waals surface area contributed by atoms with Gasteiger partial charge in [0.15, 0.2) is 5.82 Å². The zero-order valence-corrected chi connectivity index (χ0v) is 35.7. The topological polar surface area (TPSA) is 177 Å². The first-order chi connectivity index (χ1) is 30.3. The van der Waals surface area contributed by atoms with Crippen LogP contribution in [0.15, 0.2) is 85.2 Å². The van der Waals surface area contributed by atoms with Gasteiger partial charge in [0.2, 0.25) is 23.5 Å². The molecule has 3 amide bonds. The number of hydrogen-bond donors (Lipinski definition) is 4. The normalized spacial score (nSPS) is 17.5. The number of piperidine rings is 2. The van der Waals surface area contributed by atoms with Crippen LogP contribution in [0.4, 0.5) is 25.8 Å². The Kier molecular flexibility index (Phi) is 12.4. The number of anilines is 3. The van der Waals surface area contributed by atoms with Gasteiger partial charge in [-0.1, -0.05) is 37.3 Å². The van der Waals surface area contributed by atoms with Gasteiger partial charge in [0.1, 0.15) is 17.5 Å². The third-order valence-corrected chi connectivity index (χ3v) is 13.8. The number of aromatic amines is 1. The van der Waals surface area contributed by atoms with Crippen LogP contribution in [-0.2, 0) is 24.6 Å². The minimum atomic E-state index is -4.14. The van der Waals surface area contributed by atoms with Crippen LogP contribution < -0.4 is 20.3 Å². The van der Waals surface area contributed by atoms with Gasteiger partial charge in [-0.2, -0.15) is 12.7 Å². The van der Waals surface area contributed by atoms with Gasteiger partial charge in [0.25, 0.3) is 0 Å². The molecule has 14 nitrogen and oxygen atoms in total. The molecule has 0 radical (unpaired) electrons. The molecule has 0 aliphatic carbocycles. The second kappa shape index (κ2) is 18.1. The third kappa shape index (κ3) is 9.34. The summed E-state index contributed by atoms with van der Waals surface area (Å²) in [4.78, 5) is 62.2. The lowest BCUT2D eigenvalue weighted by atomic mass is 9.92. The lowest BCUT2D eigenvalue weighted by molar-refractivity contribution is -0.134. The fraction of sp³-hybridized carbons (Fsp3) is 0.326. The SMILES string of the molecule is CCN(C)S(=O)(=O)Nc1ccc(F)c(C(=O)c2c[nH]c3ncc(-c4ccc(C5=CCN(C(=O)CC6CCN(c7ccc(NC8CCC(=O)NC8=O)cc7)CC6)CC5)cc4)cc23)c1F. The summed E-state index contributed by atoms with van der Waals surface area (Å²) in [5.74, 6) is -3.50. The van der Waals surface area contributed by atoms with Gasteiger partial charge < -0.3 is 20.1 Å². The maximum absolute atomic E-state index is 15.6. The van der Waals surface area contributed by atoms with Crippen molar-refractivity contribution in [1.29, 1.82) is 0 Å². The molecule has 0 bridgehead atoms. The van der Waals surface area contributed by atoms with Crippen LogP contribution in [0.1, 0.15) is 66.9 Å². The lowest BCUT2D eigenvalue weighted by Gasteiger charge is -2.35. The Hall–Kier alpha value is -6.46. The van der Waals surface area contributed by atoms with E-state index in [9.17, 15) is 27.6 Å².